The van der Waals surface area contributed by atoms with E-state index in [1.807, 2.05) is 24.3 Å². The van der Waals surface area contributed by atoms with Crippen molar-refractivity contribution < 1.29 is 9.47 Å². The van der Waals surface area contributed by atoms with Gasteiger partial charge in [-0.2, -0.15) is 0 Å². The van der Waals surface area contributed by atoms with Gasteiger partial charge in [0, 0.05) is 24.0 Å². The molecule has 0 bridgehead atoms. The van der Waals surface area contributed by atoms with Crippen LogP contribution in [0.4, 0.5) is 0 Å². The molecule has 2 nitrogen and oxygen atoms in total. The number of ether oxygens (including phenoxy) is 2. The van der Waals surface area contributed by atoms with Crippen LogP contribution in [-0.2, 0) is 4.74 Å². The molecule has 0 spiro atoms. The summed E-state index contributed by atoms with van der Waals surface area (Å²) in [6, 6.07) is 7.60. The van der Waals surface area contributed by atoms with Crippen LogP contribution < -0.4 is 4.74 Å². The van der Waals surface area contributed by atoms with Gasteiger partial charge in [-0.25, -0.2) is 0 Å². The van der Waals surface area contributed by atoms with Crippen molar-refractivity contribution in [2.45, 2.75) is 12.8 Å². The van der Waals surface area contributed by atoms with Gasteiger partial charge in [-0.05, 0) is 25.0 Å². The monoisotopic (exact) mass is 318 g/mol. The average molecular weight is 320 g/mol. The maximum Gasteiger partial charge on any atom is 0.137 e. The Labute approximate surface area is 115 Å². The lowest BCUT2D eigenvalue weighted by atomic mass is 9.83. The van der Waals surface area contributed by atoms with E-state index in [9.17, 15) is 0 Å². The second-order valence-electron chi connectivity index (χ2n) is 4.47. The van der Waals surface area contributed by atoms with E-state index in [4.69, 9.17) is 21.1 Å². The van der Waals surface area contributed by atoms with Crippen molar-refractivity contribution in [3.05, 3.63) is 29.3 Å². The first-order valence-corrected chi connectivity index (χ1v) is 7.27. The minimum atomic E-state index is 0.178. The second kappa shape index (κ2) is 6.07. The zero-order chi connectivity index (χ0) is 12.1. The number of benzene rings is 1. The molecule has 0 radical (unpaired) electrons. The fourth-order valence-electron chi connectivity index (χ4n) is 1.91. The highest BCUT2D eigenvalue weighted by atomic mass is 79.9. The van der Waals surface area contributed by atoms with Gasteiger partial charge in [0.05, 0.1) is 11.6 Å². The highest BCUT2D eigenvalue weighted by Crippen LogP contribution is 2.34. The first kappa shape index (κ1) is 13.2. The van der Waals surface area contributed by atoms with Gasteiger partial charge >= 0.3 is 0 Å². The summed E-state index contributed by atoms with van der Waals surface area (Å²) in [5.74, 6) is 0.765. The zero-order valence-electron chi connectivity index (χ0n) is 9.62. The van der Waals surface area contributed by atoms with Crippen LogP contribution in [-0.4, -0.2) is 25.2 Å². The number of halogens is 2. The molecule has 0 amide bonds. The summed E-state index contributed by atoms with van der Waals surface area (Å²) in [6.45, 7) is 2.32. The Bertz CT molecular complexity index is 364. The molecular formula is C13H16BrClO2. The van der Waals surface area contributed by atoms with E-state index >= 15 is 0 Å². The van der Waals surface area contributed by atoms with E-state index in [0.29, 0.717) is 11.6 Å². The fourth-order valence-corrected chi connectivity index (χ4v) is 2.83. The van der Waals surface area contributed by atoms with Gasteiger partial charge in [-0.3, -0.25) is 0 Å². The molecule has 94 valence electrons. The Morgan fingerprint density at radius 2 is 2.00 bits per heavy atom. The summed E-state index contributed by atoms with van der Waals surface area (Å²) < 4.78 is 11.3. The molecule has 1 aliphatic rings. The predicted octanol–water partition coefficient (Wildman–Crippen LogP) is 3.91. The summed E-state index contributed by atoms with van der Waals surface area (Å²) in [4.78, 5) is 0. The van der Waals surface area contributed by atoms with Crippen LogP contribution >= 0.6 is 27.5 Å². The SMILES string of the molecule is Clc1ccccc1OCC1(CBr)CCOCC1. The molecule has 0 aliphatic carbocycles. The molecule has 1 aromatic carbocycles. The van der Waals surface area contributed by atoms with E-state index in [1.54, 1.807) is 0 Å². The van der Waals surface area contributed by atoms with Gasteiger partial charge in [-0.15, -0.1) is 0 Å². The molecule has 1 aliphatic heterocycles. The molecule has 0 N–H and O–H groups in total. The van der Waals surface area contributed by atoms with Crippen LogP contribution in [0, 0.1) is 5.41 Å². The van der Waals surface area contributed by atoms with Crippen molar-refractivity contribution in [2.24, 2.45) is 5.41 Å². The lowest BCUT2D eigenvalue weighted by Crippen LogP contribution is -2.36. The Morgan fingerprint density at radius 3 is 2.65 bits per heavy atom. The van der Waals surface area contributed by atoms with Gasteiger partial charge in [0.15, 0.2) is 0 Å². The van der Waals surface area contributed by atoms with Crippen LogP contribution in [0.5, 0.6) is 5.75 Å². The lowest BCUT2D eigenvalue weighted by Gasteiger charge is -2.35. The Hall–Kier alpha value is -0.250. The van der Waals surface area contributed by atoms with Crippen molar-refractivity contribution in [1.82, 2.24) is 0 Å². The predicted molar refractivity (Wildman–Crippen MR) is 73.2 cm³/mol. The third-order valence-corrected chi connectivity index (χ3v) is 4.71. The largest absolute Gasteiger partial charge is 0.491 e. The Morgan fingerprint density at radius 1 is 1.29 bits per heavy atom. The van der Waals surface area contributed by atoms with Gasteiger partial charge < -0.3 is 9.47 Å². The van der Waals surface area contributed by atoms with E-state index in [-0.39, 0.29) is 5.41 Å². The summed E-state index contributed by atoms with van der Waals surface area (Å²) in [6.07, 6.45) is 2.06. The third kappa shape index (κ3) is 3.36. The standard InChI is InChI=1S/C13H16BrClO2/c14-9-13(5-7-16-8-6-13)10-17-12-4-2-1-3-11(12)15/h1-4H,5-10H2. The number of para-hydroxylation sites is 1. The number of hydrogen-bond donors (Lipinski definition) is 0. The van der Waals surface area contributed by atoms with Crippen molar-refractivity contribution in [2.75, 3.05) is 25.2 Å². The number of rotatable bonds is 4. The van der Waals surface area contributed by atoms with Gasteiger partial charge in [0.2, 0.25) is 0 Å². The maximum atomic E-state index is 6.07. The van der Waals surface area contributed by atoms with Gasteiger partial charge in [-0.1, -0.05) is 39.7 Å². The van der Waals surface area contributed by atoms with Crippen LogP contribution in [0.15, 0.2) is 24.3 Å². The minimum absolute atomic E-state index is 0.178. The molecule has 1 saturated heterocycles. The Kier molecular flexibility index (Phi) is 4.71. The molecule has 1 aromatic rings. The molecule has 1 heterocycles. The normalized spacial score (nSPS) is 18.9. The Balaban J connectivity index is 1.98. The van der Waals surface area contributed by atoms with Crippen LogP contribution in [0.3, 0.4) is 0 Å². The van der Waals surface area contributed by atoms with Crippen LogP contribution in [0.2, 0.25) is 5.02 Å². The minimum Gasteiger partial charge on any atom is -0.491 e. The van der Waals surface area contributed by atoms with Crippen LogP contribution in [0.25, 0.3) is 0 Å². The van der Waals surface area contributed by atoms with E-state index in [1.165, 1.54) is 0 Å². The van der Waals surface area contributed by atoms with Gasteiger partial charge in [0.1, 0.15) is 5.75 Å². The van der Waals surface area contributed by atoms with Crippen molar-refractivity contribution in [1.29, 1.82) is 0 Å². The zero-order valence-corrected chi connectivity index (χ0v) is 12.0. The van der Waals surface area contributed by atoms with Crippen molar-refractivity contribution in [3.8, 4) is 5.75 Å². The molecule has 0 unspecified atom stereocenters. The molecule has 0 aromatic heterocycles. The number of hydrogen-bond acceptors (Lipinski definition) is 2. The fraction of sp³-hybridized carbons (Fsp3) is 0.538. The quantitative estimate of drug-likeness (QED) is 0.783. The van der Waals surface area contributed by atoms with Crippen molar-refractivity contribution >= 4 is 27.5 Å². The second-order valence-corrected chi connectivity index (χ2v) is 5.43. The average Bonchev–Trinajstić information content (AvgIpc) is 2.39. The van der Waals surface area contributed by atoms with E-state index < -0.39 is 0 Å². The first-order chi connectivity index (χ1) is 8.26. The first-order valence-electron chi connectivity index (χ1n) is 5.77. The maximum absolute atomic E-state index is 6.07. The summed E-state index contributed by atoms with van der Waals surface area (Å²) in [5.41, 5.74) is 0.178. The molecule has 0 atom stereocenters. The highest BCUT2D eigenvalue weighted by molar-refractivity contribution is 9.09. The highest BCUT2D eigenvalue weighted by Gasteiger charge is 2.32. The molecule has 1 fully saturated rings. The van der Waals surface area contributed by atoms with Crippen molar-refractivity contribution in [3.63, 3.8) is 0 Å². The summed E-state index contributed by atoms with van der Waals surface area (Å²) in [7, 11) is 0. The molecule has 17 heavy (non-hydrogen) atoms. The molecule has 0 saturated carbocycles. The summed E-state index contributed by atoms with van der Waals surface area (Å²) >= 11 is 9.66. The topological polar surface area (TPSA) is 18.5 Å². The third-order valence-electron chi connectivity index (χ3n) is 3.21. The summed E-state index contributed by atoms with van der Waals surface area (Å²) in [5, 5.41) is 1.61. The van der Waals surface area contributed by atoms with E-state index in [0.717, 1.165) is 37.1 Å². The van der Waals surface area contributed by atoms with Gasteiger partial charge in [0.25, 0.3) is 0 Å². The van der Waals surface area contributed by atoms with E-state index in [2.05, 4.69) is 15.9 Å². The molecular weight excluding hydrogens is 303 g/mol. The number of alkyl halides is 1. The molecule has 4 heteroatoms. The smallest absolute Gasteiger partial charge is 0.137 e. The van der Waals surface area contributed by atoms with Crippen LogP contribution in [0.1, 0.15) is 12.8 Å². The molecule has 2 rings (SSSR count). The lowest BCUT2D eigenvalue weighted by molar-refractivity contribution is 0.00357.